The highest BCUT2D eigenvalue weighted by Crippen LogP contribution is 2.41. The summed E-state index contributed by atoms with van der Waals surface area (Å²) in [6.07, 6.45) is 4.94. The summed E-state index contributed by atoms with van der Waals surface area (Å²) in [5.74, 6) is -0.714. The molecule has 20 heavy (non-hydrogen) atoms. The van der Waals surface area contributed by atoms with E-state index in [0.29, 0.717) is 12.8 Å². The standard InChI is InChI=1S/C15H16N2O3/c18-14(19)15(20-17-10-4-9-16-17)8-7-13(11-15)12-5-2-1-3-6-12/h1-6,9-10,13H,7-8,11H2,(H,18,19). The van der Waals surface area contributed by atoms with Crippen LogP contribution in [0.3, 0.4) is 0 Å². The minimum Gasteiger partial charge on any atom is -0.478 e. The first kappa shape index (κ1) is 12.7. The van der Waals surface area contributed by atoms with Crippen molar-refractivity contribution in [2.24, 2.45) is 0 Å². The second-order valence-corrected chi connectivity index (χ2v) is 5.15. The normalized spacial score (nSPS) is 25.5. The monoisotopic (exact) mass is 272 g/mol. The fraction of sp³-hybridized carbons (Fsp3) is 0.333. The molecule has 1 N–H and O–H groups in total. The number of hydrogen-bond acceptors (Lipinski definition) is 3. The Morgan fingerprint density at radius 1 is 1.35 bits per heavy atom. The molecule has 1 fully saturated rings. The van der Waals surface area contributed by atoms with Gasteiger partial charge in [-0.3, -0.25) is 0 Å². The van der Waals surface area contributed by atoms with Gasteiger partial charge in [0.05, 0.1) is 12.4 Å². The molecule has 2 atom stereocenters. The van der Waals surface area contributed by atoms with Crippen LogP contribution in [-0.2, 0) is 4.79 Å². The van der Waals surface area contributed by atoms with Gasteiger partial charge in [0.25, 0.3) is 0 Å². The molecule has 3 rings (SSSR count). The van der Waals surface area contributed by atoms with Gasteiger partial charge in [-0.2, -0.15) is 0 Å². The van der Waals surface area contributed by atoms with Gasteiger partial charge in [0.1, 0.15) is 0 Å². The van der Waals surface area contributed by atoms with Gasteiger partial charge in [0, 0.05) is 12.8 Å². The van der Waals surface area contributed by atoms with E-state index in [1.54, 1.807) is 18.5 Å². The molecule has 2 aromatic rings. The number of aliphatic carboxylic acids is 1. The van der Waals surface area contributed by atoms with Crippen LogP contribution in [0.15, 0.2) is 48.8 Å². The van der Waals surface area contributed by atoms with Crippen molar-refractivity contribution < 1.29 is 14.7 Å². The summed E-state index contributed by atoms with van der Waals surface area (Å²) in [5, 5.41) is 13.5. The number of carboxylic acid groups (broad SMARTS) is 1. The van der Waals surface area contributed by atoms with E-state index in [1.165, 1.54) is 10.4 Å². The van der Waals surface area contributed by atoms with Crippen LogP contribution >= 0.6 is 0 Å². The van der Waals surface area contributed by atoms with E-state index in [4.69, 9.17) is 4.84 Å². The zero-order valence-corrected chi connectivity index (χ0v) is 11.0. The lowest BCUT2D eigenvalue weighted by Gasteiger charge is -2.24. The Balaban J connectivity index is 1.82. The summed E-state index contributed by atoms with van der Waals surface area (Å²) in [4.78, 5) is 18.5. The Morgan fingerprint density at radius 3 is 2.80 bits per heavy atom. The Bertz CT molecular complexity index is 582. The van der Waals surface area contributed by atoms with Crippen molar-refractivity contribution in [3.05, 3.63) is 54.4 Å². The minimum absolute atomic E-state index is 0.211. The van der Waals surface area contributed by atoms with Gasteiger partial charge in [-0.15, -0.1) is 9.94 Å². The van der Waals surface area contributed by atoms with Crippen LogP contribution in [0.1, 0.15) is 30.7 Å². The van der Waals surface area contributed by atoms with Crippen LogP contribution in [0.25, 0.3) is 0 Å². The van der Waals surface area contributed by atoms with E-state index < -0.39 is 11.6 Å². The lowest BCUT2D eigenvalue weighted by Crippen LogP contribution is -2.46. The van der Waals surface area contributed by atoms with Crippen LogP contribution in [0, 0.1) is 0 Å². The zero-order valence-electron chi connectivity index (χ0n) is 11.0. The Labute approximate surface area is 116 Å². The van der Waals surface area contributed by atoms with Gasteiger partial charge < -0.3 is 9.94 Å². The quantitative estimate of drug-likeness (QED) is 0.925. The van der Waals surface area contributed by atoms with E-state index >= 15 is 0 Å². The van der Waals surface area contributed by atoms with Crippen LogP contribution in [0.4, 0.5) is 0 Å². The van der Waals surface area contributed by atoms with Crippen LogP contribution in [0.5, 0.6) is 0 Å². The molecule has 1 saturated carbocycles. The van der Waals surface area contributed by atoms with Gasteiger partial charge in [0.15, 0.2) is 0 Å². The molecule has 0 bridgehead atoms. The van der Waals surface area contributed by atoms with Crippen molar-refractivity contribution >= 4 is 5.97 Å². The van der Waals surface area contributed by atoms with Crippen LogP contribution < -0.4 is 4.84 Å². The Kier molecular flexibility index (Phi) is 3.18. The van der Waals surface area contributed by atoms with Crippen LogP contribution in [-0.4, -0.2) is 26.6 Å². The first-order valence-corrected chi connectivity index (χ1v) is 6.67. The molecule has 0 saturated heterocycles. The average Bonchev–Trinajstić information content (AvgIpc) is 3.11. The molecule has 0 aliphatic heterocycles. The third-order valence-corrected chi connectivity index (χ3v) is 3.88. The molecule has 2 unspecified atom stereocenters. The van der Waals surface area contributed by atoms with Crippen molar-refractivity contribution in [1.29, 1.82) is 0 Å². The van der Waals surface area contributed by atoms with Gasteiger partial charge in [0.2, 0.25) is 5.60 Å². The minimum atomic E-state index is -1.19. The largest absolute Gasteiger partial charge is 0.478 e. The molecule has 1 aliphatic carbocycles. The van der Waals surface area contributed by atoms with E-state index in [9.17, 15) is 9.90 Å². The Morgan fingerprint density at radius 2 is 2.15 bits per heavy atom. The third kappa shape index (κ3) is 2.27. The molecule has 1 heterocycles. The lowest BCUT2D eigenvalue weighted by atomic mass is 9.95. The van der Waals surface area contributed by atoms with Crippen molar-refractivity contribution in [3.63, 3.8) is 0 Å². The summed E-state index contributed by atoms with van der Waals surface area (Å²) in [7, 11) is 0. The van der Waals surface area contributed by atoms with Crippen molar-refractivity contribution in [3.8, 4) is 0 Å². The molecule has 5 nitrogen and oxygen atoms in total. The first-order chi connectivity index (χ1) is 9.70. The maximum absolute atomic E-state index is 11.7. The summed E-state index contributed by atoms with van der Waals surface area (Å²) < 4.78 is 0. The van der Waals surface area contributed by atoms with Crippen LogP contribution in [0.2, 0.25) is 0 Å². The molecule has 1 aromatic carbocycles. The highest BCUT2D eigenvalue weighted by Gasteiger charge is 2.49. The highest BCUT2D eigenvalue weighted by atomic mass is 16.7. The molecular formula is C15H16N2O3. The van der Waals surface area contributed by atoms with E-state index in [1.807, 2.05) is 30.3 Å². The SMILES string of the molecule is O=C(O)C1(On2cccn2)CCC(c2ccccc2)C1. The van der Waals surface area contributed by atoms with Gasteiger partial charge >= 0.3 is 5.97 Å². The summed E-state index contributed by atoms with van der Waals surface area (Å²) >= 11 is 0. The molecular weight excluding hydrogens is 256 g/mol. The van der Waals surface area contributed by atoms with Crippen molar-refractivity contribution in [1.82, 2.24) is 9.94 Å². The molecule has 5 heteroatoms. The maximum atomic E-state index is 11.7. The lowest BCUT2D eigenvalue weighted by molar-refractivity contribution is -0.168. The van der Waals surface area contributed by atoms with Gasteiger partial charge in [-0.25, -0.2) is 4.79 Å². The summed E-state index contributed by atoms with van der Waals surface area (Å²) in [5.41, 5.74) is -0.0216. The predicted octanol–water partition coefficient (Wildman–Crippen LogP) is 2.10. The maximum Gasteiger partial charge on any atom is 0.350 e. The number of benzene rings is 1. The molecule has 0 radical (unpaired) electrons. The number of carboxylic acids is 1. The fourth-order valence-corrected chi connectivity index (χ4v) is 2.82. The number of rotatable bonds is 4. The van der Waals surface area contributed by atoms with Gasteiger partial charge in [-0.1, -0.05) is 30.3 Å². The number of carbonyl (C=O) groups is 1. The van der Waals surface area contributed by atoms with E-state index in [-0.39, 0.29) is 5.92 Å². The smallest absolute Gasteiger partial charge is 0.350 e. The number of aromatic nitrogens is 2. The third-order valence-electron chi connectivity index (χ3n) is 3.88. The average molecular weight is 272 g/mol. The summed E-state index contributed by atoms with van der Waals surface area (Å²) in [6, 6.07) is 11.7. The molecule has 1 aliphatic rings. The predicted molar refractivity (Wildman–Crippen MR) is 72.2 cm³/mol. The molecule has 0 spiro atoms. The zero-order chi connectivity index (χ0) is 14.0. The second kappa shape index (κ2) is 5.00. The topological polar surface area (TPSA) is 64.3 Å². The Hall–Kier alpha value is -2.30. The number of hydrogen-bond donors (Lipinski definition) is 1. The van der Waals surface area contributed by atoms with Gasteiger partial charge in [-0.05, 0) is 24.0 Å². The van der Waals surface area contributed by atoms with E-state index in [2.05, 4.69) is 5.10 Å². The molecule has 1 aromatic heterocycles. The van der Waals surface area contributed by atoms with E-state index in [0.717, 1.165) is 6.42 Å². The highest BCUT2D eigenvalue weighted by molar-refractivity contribution is 5.78. The summed E-state index contributed by atoms with van der Waals surface area (Å²) in [6.45, 7) is 0. The molecule has 0 amide bonds. The molecule has 104 valence electrons. The second-order valence-electron chi connectivity index (χ2n) is 5.15. The first-order valence-electron chi connectivity index (χ1n) is 6.67. The van der Waals surface area contributed by atoms with Crippen molar-refractivity contribution in [2.75, 3.05) is 0 Å². The van der Waals surface area contributed by atoms with Crippen molar-refractivity contribution in [2.45, 2.75) is 30.8 Å². The number of nitrogens with zero attached hydrogens (tertiary/aromatic N) is 2. The fourth-order valence-electron chi connectivity index (χ4n) is 2.82.